The first kappa shape index (κ1) is 12.8. The summed E-state index contributed by atoms with van der Waals surface area (Å²) in [6.07, 6.45) is 6.33. The van der Waals surface area contributed by atoms with Crippen molar-refractivity contribution in [2.45, 2.75) is 50.5 Å². The van der Waals surface area contributed by atoms with E-state index in [0.717, 1.165) is 32.1 Å². The van der Waals surface area contributed by atoms with Crippen molar-refractivity contribution < 1.29 is 13.2 Å². The molecule has 1 saturated carbocycles. The van der Waals surface area contributed by atoms with Crippen LogP contribution < -0.4 is 10.5 Å². The van der Waals surface area contributed by atoms with E-state index in [1.165, 1.54) is 0 Å². The maximum absolute atomic E-state index is 11.8. The molecule has 0 radical (unpaired) electrons. The molecular weight excluding hydrogens is 240 g/mol. The topological polar surface area (TPSA) is 89.3 Å². The second-order valence-electron chi connectivity index (χ2n) is 5.25. The highest BCUT2D eigenvalue weighted by Gasteiger charge is 2.56. The third-order valence-electron chi connectivity index (χ3n) is 3.79. The average Bonchev–Trinajstić information content (AvgIpc) is 2.88. The van der Waals surface area contributed by atoms with E-state index in [1.807, 2.05) is 0 Å². The lowest BCUT2D eigenvalue weighted by Gasteiger charge is -2.14. The quantitative estimate of drug-likeness (QED) is 0.664. The smallest absolute Gasteiger partial charge is 0.253 e. The van der Waals surface area contributed by atoms with Crippen LogP contribution in [0, 0.1) is 5.92 Å². The van der Waals surface area contributed by atoms with E-state index in [0.29, 0.717) is 12.8 Å². The van der Waals surface area contributed by atoms with Gasteiger partial charge in [-0.2, -0.15) is 0 Å². The molecule has 0 spiro atoms. The Labute approximate surface area is 102 Å². The molecule has 0 aromatic carbocycles. The fourth-order valence-electron chi connectivity index (χ4n) is 2.49. The van der Waals surface area contributed by atoms with Gasteiger partial charge >= 0.3 is 0 Å². The number of rotatable bonds is 0. The molecule has 2 fully saturated rings. The number of carbonyl (C=O) groups is 1. The minimum absolute atomic E-state index is 0.0273. The molecule has 0 aromatic heterocycles. The highest BCUT2D eigenvalue weighted by Crippen LogP contribution is 2.45. The number of sulfonamides is 1. The van der Waals surface area contributed by atoms with Gasteiger partial charge < -0.3 is 5.73 Å². The fraction of sp³-hybridized carbons (Fsp3) is 0.909. The van der Waals surface area contributed by atoms with E-state index in [9.17, 15) is 13.2 Å². The molecular formula is C11H20N2O3S. The number of fused-ring (bicyclic) bond motifs is 1. The molecule has 3 N–H and O–H groups in total. The minimum atomic E-state index is -3.48. The fourth-order valence-corrected chi connectivity index (χ4v) is 3.65. The standard InChI is InChI=1S/C11H20N2O3S/c12-11-8-9(11)6-4-2-1-3-5-7-17(15,16)13-10(11)14/h9H,1-8,12H2,(H,13,14). The number of carbonyl (C=O) groups excluding carboxylic acids is 1. The second kappa shape index (κ2) is 4.57. The van der Waals surface area contributed by atoms with Crippen molar-refractivity contribution >= 4 is 15.9 Å². The maximum atomic E-state index is 11.8. The van der Waals surface area contributed by atoms with Crippen molar-refractivity contribution in [3.8, 4) is 0 Å². The number of amides is 1. The zero-order chi connectivity index (χ0) is 12.5. The highest BCUT2D eigenvalue weighted by atomic mass is 32.2. The van der Waals surface area contributed by atoms with E-state index >= 15 is 0 Å². The molecule has 2 rings (SSSR count). The average molecular weight is 260 g/mol. The van der Waals surface area contributed by atoms with Crippen molar-refractivity contribution in [1.29, 1.82) is 0 Å². The summed E-state index contributed by atoms with van der Waals surface area (Å²) in [6.45, 7) is 0. The zero-order valence-corrected chi connectivity index (χ0v) is 10.8. The number of hydrogen-bond acceptors (Lipinski definition) is 4. The molecule has 2 aliphatic rings. The Morgan fingerprint density at radius 1 is 1.18 bits per heavy atom. The van der Waals surface area contributed by atoms with Gasteiger partial charge in [0, 0.05) is 0 Å². The summed E-state index contributed by atoms with van der Waals surface area (Å²) in [5, 5.41) is 0. The Kier molecular flexibility index (Phi) is 3.45. The van der Waals surface area contributed by atoms with Crippen LogP contribution in [0.5, 0.6) is 0 Å². The third-order valence-corrected chi connectivity index (χ3v) is 5.11. The van der Waals surface area contributed by atoms with E-state index < -0.39 is 21.5 Å². The molecule has 1 amide bonds. The number of hydrogen-bond donors (Lipinski definition) is 2. The Balaban J connectivity index is 2.05. The first-order valence-electron chi connectivity index (χ1n) is 6.28. The molecule has 1 aliphatic heterocycles. The largest absolute Gasteiger partial charge is 0.317 e. The molecule has 0 aromatic rings. The Bertz CT molecular complexity index is 407. The van der Waals surface area contributed by atoms with Gasteiger partial charge in [0.1, 0.15) is 0 Å². The monoisotopic (exact) mass is 260 g/mol. The first-order chi connectivity index (χ1) is 7.94. The molecule has 2 unspecified atom stereocenters. The van der Waals surface area contributed by atoms with Crippen LogP contribution in [0.1, 0.15) is 44.9 Å². The molecule has 1 saturated heterocycles. The van der Waals surface area contributed by atoms with Crippen molar-refractivity contribution in [2.75, 3.05) is 5.75 Å². The zero-order valence-electron chi connectivity index (χ0n) is 9.94. The van der Waals surface area contributed by atoms with Crippen LogP contribution in [0.25, 0.3) is 0 Å². The molecule has 1 aliphatic carbocycles. The van der Waals surface area contributed by atoms with Crippen LogP contribution in [0.15, 0.2) is 0 Å². The number of nitrogens with one attached hydrogen (secondary N) is 1. The van der Waals surface area contributed by atoms with Gasteiger partial charge in [-0.3, -0.25) is 9.52 Å². The van der Waals surface area contributed by atoms with Crippen molar-refractivity contribution in [2.24, 2.45) is 11.7 Å². The van der Waals surface area contributed by atoms with E-state index in [-0.39, 0.29) is 11.7 Å². The maximum Gasteiger partial charge on any atom is 0.253 e. The summed E-state index contributed by atoms with van der Waals surface area (Å²) < 4.78 is 25.3. The summed E-state index contributed by atoms with van der Waals surface area (Å²) >= 11 is 0. The lowest BCUT2D eigenvalue weighted by molar-refractivity contribution is -0.121. The second-order valence-corrected chi connectivity index (χ2v) is 7.09. The van der Waals surface area contributed by atoms with Gasteiger partial charge in [-0.25, -0.2) is 8.42 Å². The summed E-state index contributed by atoms with van der Waals surface area (Å²) in [5.41, 5.74) is 5.00. The van der Waals surface area contributed by atoms with Crippen molar-refractivity contribution in [3.63, 3.8) is 0 Å². The minimum Gasteiger partial charge on any atom is -0.317 e. The van der Waals surface area contributed by atoms with Crippen LogP contribution in [0.3, 0.4) is 0 Å². The molecule has 6 heteroatoms. The summed E-state index contributed by atoms with van der Waals surface area (Å²) in [6, 6.07) is 0. The van der Waals surface area contributed by atoms with Gasteiger partial charge in [0.25, 0.3) is 5.91 Å². The van der Waals surface area contributed by atoms with Crippen LogP contribution in [0.4, 0.5) is 0 Å². The van der Waals surface area contributed by atoms with Crippen LogP contribution in [-0.2, 0) is 14.8 Å². The van der Waals surface area contributed by atoms with E-state index in [1.54, 1.807) is 0 Å². The van der Waals surface area contributed by atoms with Crippen LogP contribution >= 0.6 is 0 Å². The summed E-state index contributed by atoms with van der Waals surface area (Å²) in [5.74, 6) is -0.320. The molecule has 98 valence electrons. The van der Waals surface area contributed by atoms with E-state index in [4.69, 9.17) is 5.73 Å². The Hall–Kier alpha value is -0.620. The predicted molar refractivity (Wildman–Crippen MR) is 64.7 cm³/mol. The van der Waals surface area contributed by atoms with Crippen LogP contribution in [-0.4, -0.2) is 25.6 Å². The van der Waals surface area contributed by atoms with Gasteiger partial charge in [0.05, 0.1) is 11.3 Å². The molecule has 2 atom stereocenters. The van der Waals surface area contributed by atoms with Crippen molar-refractivity contribution in [3.05, 3.63) is 0 Å². The van der Waals surface area contributed by atoms with Gasteiger partial charge in [-0.1, -0.05) is 25.7 Å². The van der Waals surface area contributed by atoms with Gasteiger partial charge in [-0.05, 0) is 25.2 Å². The summed E-state index contributed by atoms with van der Waals surface area (Å²) in [4.78, 5) is 11.8. The lowest BCUT2D eigenvalue weighted by atomic mass is 10.1. The Morgan fingerprint density at radius 2 is 1.82 bits per heavy atom. The Morgan fingerprint density at radius 3 is 2.59 bits per heavy atom. The molecule has 1 heterocycles. The van der Waals surface area contributed by atoms with Crippen molar-refractivity contribution in [1.82, 2.24) is 4.72 Å². The van der Waals surface area contributed by atoms with Gasteiger partial charge in [0.15, 0.2) is 0 Å². The van der Waals surface area contributed by atoms with Gasteiger partial charge in [0.2, 0.25) is 10.0 Å². The van der Waals surface area contributed by atoms with Crippen LogP contribution in [0.2, 0.25) is 0 Å². The highest BCUT2D eigenvalue weighted by molar-refractivity contribution is 7.90. The molecule has 0 bridgehead atoms. The first-order valence-corrected chi connectivity index (χ1v) is 7.93. The summed E-state index contributed by atoms with van der Waals surface area (Å²) in [7, 11) is -3.48. The van der Waals surface area contributed by atoms with E-state index in [2.05, 4.69) is 4.72 Å². The molecule has 17 heavy (non-hydrogen) atoms. The third kappa shape index (κ3) is 2.98. The SMILES string of the molecule is NC12CC1CCCCCCCS(=O)(=O)NC2=O. The number of nitrogens with two attached hydrogens (primary N) is 1. The predicted octanol–water partition coefficient (Wildman–Crippen LogP) is 0.504. The molecule has 5 nitrogen and oxygen atoms in total. The lowest BCUT2D eigenvalue weighted by Crippen LogP contribution is -2.47. The normalized spacial score (nSPS) is 38.2. The van der Waals surface area contributed by atoms with Gasteiger partial charge in [-0.15, -0.1) is 0 Å².